The lowest BCUT2D eigenvalue weighted by Crippen LogP contribution is -2.19. The average Bonchev–Trinajstić information content (AvgIpc) is 2.67. The number of rotatable bonds is 4. The quantitative estimate of drug-likeness (QED) is 0.657. The van der Waals surface area contributed by atoms with Gasteiger partial charge in [-0.25, -0.2) is 0 Å². The molecule has 1 aromatic carbocycles. The van der Waals surface area contributed by atoms with E-state index in [0.29, 0.717) is 17.9 Å². The highest BCUT2D eigenvalue weighted by atomic mass is 14.9. The number of anilines is 1. The van der Waals surface area contributed by atoms with Crippen molar-refractivity contribution in [2.24, 2.45) is 0 Å². The summed E-state index contributed by atoms with van der Waals surface area (Å²) in [6.07, 6.45) is 8.29. The molecule has 1 aliphatic carbocycles. The predicted octanol–water partition coefficient (Wildman–Crippen LogP) is 6.07. The van der Waals surface area contributed by atoms with E-state index in [4.69, 9.17) is 0 Å². The van der Waals surface area contributed by atoms with Crippen molar-refractivity contribution < 1.29 is 0 Å². The molecule has 0 spiro atoms. The molecule has 0 aliphatic heterocycles. The number of nitrogens with one attached hydrogen (secondary N) is 1. The van der Waals surface area contributed by atoms with Gasteiger partial charge < -0.3 is 5.32 Å². The first-order chi connectivity index (χ1) is 9.58. The van der Waals surface area contributed by atoms with Crippen LogP contribution in [-0.4, -0.2) is 6.04 Å². The fourth-order valence-corrected chi connectivity index (χ4v) is 3.19. The molecule has 112 valence electrons. The van der Waals surface area contributed by atoms with Crippen LogP contribution in [-0.2, 0) is 0 Å². The van der Waals surface area contributed by atoms with Gasteiger partial charge in [0.2, 0.25) is 0 Å². The average molecular weight is 273 g/mol. The molecular weight excluding hydrogens is 242 g/mol. The van der Waals surface area contributed by atoms with Crippen molar-refractivity contribution in [2.75, 3.05) is 5.32 Å². The Morgan fingerprint density at radius 2 is 1.55 bits per heavy atom. The monoisotopic (exact) mass is 273 g/mol. The van der Waals surface area contributed by atoms with Gasteiger partial charge in [-0.3, -0.25) is 0 Å². The van der Waals surface area contributed by atoms with Crippen molar-refractivity contribution in [3.63, 3.8) is 0 Å². The van der Waals surface area contributed by atoms with Gasteiger partial charge in [-0.05, 0) is 41.9 Å². The van der Waals surface area contributed by atoms with Crippen LogP contribution in [0.4, 0.5) is 5.69 Å². The summed E-state index contributed by atoms with van der Waals surface area (Å²) in [6, 6.07) is 7.71. The van der Waals surface area contributed by atoms with Gasteiger partial charge >= 0.3 is 0 Å². The molecule has 1 saturated carbocycles. The van der Waals surface area contributed by atoms with E-state index >= 15 is 0 Å². The molecule has 1 N–H and O–H groups in total. The van der Waals surface area contributed by atoms with Gasteiger partial charge in [-0.1, -0.05) is 65.5 Å². The van der Waals surface area contributed by atoms with Gasteiger partial charge in [-0.15, -0.1) is 0 Å². The summed E-state index contributed by atoms with van der Waals surface area (Å²) < 4.78 is 0. The fraction of sp³-hybridized carbons (Fsp3) is 0.684. The molecular formula is C19H31N. The van der Waals surface area contributed by atoms with Crippen LogP contribution < -0.4 is 5.32 Å². The van der Waals surface area contributed by atoms with Crippen LogP contribution >= 0.6 is 0 Å². The maximum Gasteiger partial charge on any atom is 0.0377 e. The summed E-state index contributed by atoms with van der Waals surface area (Å²) in [6.45, 7) is 9.16. The van der Waals surface area contributed by atoms with Crippen molar-refractivity contribution in [1.29, 1.82) is 0 Å². The Bertz CT molecular complexity index is 412. The van der Waals surface area contributed by atoms with Gasteiger partial charge in [0.1, 0.15) is 0 Å². The largest absolute Gasteiger partial charge is 0.382 e. The van der Waals surface area contributed by atoms with Crippen LogP contribution in [0.25, 0.3) is 0 Å². The summed E-state index contributed by atoms with van der Waals surface area (Å²) in [4.78, 5) is 0. The van der Waals surface area contributed by atoms with E-state index in [0.717, 1.165) is 0 Å². The minimum atomic E-state index is 0.585. The Kier molecular flexibility index (Phi) is 5.51. The Balaban J connectivity index is 2.17. The van der Waals surface area contributed by atoms with Gasteiger partial charge in [0.15, 0.2) is 0 Å². The molecule has 1 fully saturated rings. The van der Waals surface area contributed by atoms with Crippen molar-refractivity contribution in [3.05, 3.63) is 29.3 Å². The zero-order valence-corrected chi connectivity index (χ0v) is 13.7. The van der Waals surface area contributed by atoms with E-state index in [1.165, 1.54) is 55.3 Å². The third kappa shape index (κ3) is 4.01. The van der Waals surface area contributed by atoms with Crippen LogP contribution in [0.15, 0.2) is 18.2 Å². The molecule has 0 heterocycles. The van der Waals surface area contributed by atoms with E-state index in [1.807, 2.05) is 0 Å². The summed E-state index contributed by atoms with van der Waals surface area (Å²) in [7, 11) is 0. The highest BCUT2D eigenvalue weighted by Crippen LogP contribution is 2.30. The van der Waals surface area contributed by atoms with E-state index in [-0.39, 0.29) is 0 Å². The molecule has 1 nitrogen and oxygen atoms in total. The molecule has 1 aromatic rings. The molecule has 1 aliphatic rings. The van der Waals surface area contributed by atoms with Gasteiger partial charge in [0, 0.05) is 11.7 Å². The molecule has 0 atom stereocenters. The van der Waals surface area contributed by atoms with Gasteiger partial charge in [0.05, 0.1) is 0 Å². The second-order valence-corrected chi connectivity index (χ2v) is 6.99. The Labute approximate surface area is 125 Å². The molecule has 0 bridgehead atoms. The summed E-state index contributed by atoms with van der Waals surface area (Å²) in [5, 5.41) is 3.84. The van der Waals surface area contributed by atoms with E-state index < -0.39 is 0 Å². The predicted molar refractivity (Wildman–Crippen MR) is 89.7 cm³/mol. The third-order valence-electron chi connectivity index (χ3n) is 4.58. The highest BCUT2D eigenvalue weighted by molar-refractivity contribution is 5.55. The molecule has 20 heavy (non-hydrogen) atoms. The fourth-order valence-electron chi connectivity index (χ4n) is 3.19. The minimum absolute atomic E-state index is 0.585. The maximum absolute atomic E-state index is 3.84. The molecule has 2 rings (SSSR count). The molecule has 0 radical (unpaired) electrons. The van der Waals surface area contributed by atoms with Crippen LogP contribution in [0.2, 0.25) is 0 Å². The zero-order valence-electron chi connectivity index (χ0n) is 13.7. The second kappa shape index (κ2) is 7.15. The molecule has 0 amide bonds. The van der Waals surface area contributed by atoms with E-state index in [2.05, 4.69) is 51.2 Å². The van der Waals surface area contributed by atoms with Crippen LogP contribution in [0.1, 0.15) is 89.2 Å². The lowest BCUT2D eigenvalue weighted by molar-refractivity contribution is 0.618. The normalized spacial score (nSPS) is 17.5. The first-order valence-corrected chi connectivity index (χ1v) is 8.48. The minimum Gasteiger partial charge on any atom is -0.382 e. The molecule has 0 unspecified atom stereocenters. The highest BCUT2D eigenvalue weighted by Gasteiger charge is 2.15. The van der Waals surface area contributed by atoms with Crippen molar-refractivity contribution in [2.45, 2.75) is 84.1 Å². The van der Waals surface area contributed by atoms with Crippen molar-refractivity contribution >= 4 is 5.69 Å². The molecule has 0 saturated heterocycles. The van der Waals surface area contributed by atoms with Crippen LogP contribution in [0, 0.1) is 0 Å². The summed E-state index contributed by atoms with van der Waals surface area (Å²) in [5.41, 5.74) is 4.32. The molecule has 1 heteroatoms. The summed E-state index contributed by atoms with van der Waals surface area (Å²) in [5.74, 6) is 1.20. The van der Waals surface area contributed by atoms with Crippen LogP contribution in [0.5, 0.6) is 0 Å². The van der Waals surface area contributed by atoms with Crippen molar-refractivity contribution in [3.8, 4) is 0 Å². The molecule has 0 aromatic heterocycles. The standard InChI is InChI=1S/C19H31N/c1-14(2)16-11-12-19(18(13-16)15(3)4)20-17-9-7-5-6-8-10-17/h11-15,17,20H,5-10H2,1-4H3. The van der Waals surface area contributed by atoms with Crippen LogP contribution in [0.3, 0.4) is 0 Å². The lowest BCUT2D eigenvalue weighted by atomic mass is 9.93. The topological polar surface area (TPSA) is 12.0 Å². The number of hydrogen-bond acceptors (Lipinski definition) is 1. The van der Waals surface area contributed by atoms with Gasteiger partial charge in [0.25, 0.3) is 0 Å². The Morgan fingerprint density at radius 1 is 0.900 bits per heavy atom. The summed E-state index contributed by atoms with van der Waals surface area (Å²) >= 11 is 0. The first kappa shape index (κ1) is 15.4. The Hall–Kier alpha value is -0.980. The van der Waals surface area contributed by atoms with E-state index in [9.17, 15) is 0 Å². The zero-order chi connectivity index (χ0) is 14.5. The van der Waals surface area contributed by atoms with E-state index in [1.54, 1.807) is 0 Å². The first-order valence-electron chi connectivity index (χ1n) is 8.48. The second-order valence-electron chi connectivity index (χ2n) is 6.99. The Morgan fingerprint density at radius 3 is 2.10 bits per heavy atom. The third-order valence-corrected chi connectivity index (χ3v) is 4.58. The number of hydrogen-bond donors (Lipinski definition) is 1. The smallest absolute Gasteiger partial charge is 0.0377 e. The lowest BCUT2D eigenvalue weighted by Gasteiger charge is -2.23. The number of benzene rings is 1. The SMILES string of the molecule is CC(C)c1ccc(NC2CCCCCC2)c(C(C)C)c1. The van der Waals surface area contributed by atoms with Gasteiger partial charge in [-0.2, -0.15) is 0 Å². The van der Waals surface area contributed by atoms with Crippen molar-refractivity contribution in [1.82, 2.24) is 0 Å². The maximum atomic E-state index is 3.84.